The highest BCUT2D eigenvalue weighted by molar-refractivity contribution is 7.92. The van der Waals surface area contributed by atoms with E-state index in [-0.39, 0.29) is 48.0 Å². The molecule has 11 heteroatoms. The molecule has 0 spiro atoms. The molecule has 9 nitrogen and oxygen atoms in total. The van der Waals surface area contributed by atoms with Crippen molar-refractivity contribution in [2.45, 2.75) is 30.2 Å². The Bertz CT molecular complexity index is 895. The number of carbonyl (C=O) groups is 1. The van der Waals surface area contributed by atoms with Crippen molar-refractivity contribution in [2.24, 2.45) is 0 Å². The number of nitrogens with zero attached hydrogens (tertiary/aromatic N) is 1. The fourth-order valence-corrected chi connectivity index (χ4v) is 6.69. The smallest absolute Gasteiger partial charge is 0.303 e. The van der Waals surface area contributed by atoms with E-state index < -0.39 is 31.9 Å². The predicted octanol–water partition coefficient (Wildman–Crippen LogP) is 0.746. The van der Waals surface area contributed by atoms with Crippen molar-refractivity contribution in [3.8, 4) is 11.5 Å². The molecule has 152 valence electrons. The summed E-state index contributed by atoms with van der Waals surface area (Å²) in [6.45, 7) is -0.102. The van der Waals surface area contributed by atoms with Crippen LogP contribution in [-0.2, 0) is 24.7 Å². The summed E-state index contributed by atoms with van der Waals surface area (Å²) in [7, 11) is -4.74. The first kappa shape index (κ1) is 21.5. The van der Waals surface area contributed by atoms with Crippen LogP contribution >= 0.6 is 0 Å². The first-order valence-electron chi connectivity index (χ1n) is 8.27. The summed E-state index contributed by atoms with van der Waals surface area (Å²) >= 11 is 0. The summed E-state index contributed by atoms with van der Waals surface area (Å²) < 4.78 is 61.6. The number of aliphatic carboxylic acids is 1. The zero-order valence-electron chi connectivity index (χ0n) is 15.1. The second-order valence-corrected chi connectivity index (χ2v) is 10.3. The van der Waals surface area contributed by atoms with Crippen LogP contribution in [0.25, 0.3) is 0 Å². The lowest BCUT2D eigenvalue weighted by molar-refractivity contribution is -0.137. The molecule has 0 unspecified atom stereocenters. The number of benzene rings is 1. The number of hydrogen-bond acceptors (Lipinski definition) is 7. The van der Waals surface area contributed by atoms with Crippen LogP contribution in [0.2, 0.25) is 0 Å². The molecule has 1 aliphatic heterocycles. The third-order valence-electron chi connectivity index (χ3n) is 4.34. The van der Waals surface area contributed by atoms with Crippen molar-refractivity contribution in [2.75, 3.05) is 32.3 Å². The number of ether oxygens (including phenoxy) is 2. The van der Waals surface area contributed by atoms with E-state index in [9.17, 15) is 21.6 Å². The highest BCUT2D eigenvalue weighted by Gasteiger charge is 2.39. The first-order valence-corrected chi connectivity index (χ1v) is 11.5. The van der Waals surface area contributed by atoms with Crippen LogP contribution < -0.4 is 9.47 Å². The van der Waals surface area contributed by atoms with Crippen molar-refractivity contribution in [1.82, 2.24) is 4.31 Å². The van der Waals surface area contributed by atoms with E-state index in [0.717, 1.165) is 4.31 Å². The SMILES string of the molecule is COc1ccc(OC)c(S(=O)(=O)N(CCCC(=O)O)[C@H]2CCS(=O)(=O)C2)c1. The molecule has 0 aromatic heterocycles. The van der Waals surface area contributed by atoms with Crippen LogP contribution in [0.4, 0.5) is 0 Å². The van der Waals surface area contributed by atoms with Crippen molar-refractivity contribution < 1.29 is 36.2 Å². The van der Waals surface area contributed by atoms with E-state index in [1.165, 1.54) is 26.4 Å². The van der Waals surface area contributed by atoms with Crippen LogP contribution in [0.15, 0.2) is 23.1 Å². The molecular formula is C16H23NO8S2. The van der Waals surface area contributed by atoms with Gasteiger partial charge in [0, 0.05) is 25.1 Å². The molecule has 1 aliphatic rings. The Hall–Kier alpha value is -1.85. The summed E-state index contributed by atoms with van der Waals surface area (Å²) in [4.78, 5) is 10.7. The Balaban J connectivity index is 2.44. The molecule has 0 amide bonds. The van der Waals surface area contributed by atoms with Crippen molar-refractivity contribution in [1.29, 1.82) is 0 Å². The Morgan fingerprint density at radius 2 is 2.00 bits per heavy atom. The number of rotatable bonds is 9. The number of methoxy groups -OCH3 is 2. The maximum atomic E-state index is 13.3. The minimum atomic E-state index is -4.14. The van der Waals surface area contributed by atoms with E-state index in [1.54, 1.807) is 6.07 Å². The lowest BCUT2D eigenvalue weighted by Gasteiger charge is -2.28. The number of hydrogen-bond donors (Lipinski definition) is 1. The maximum absolute atomic E-state index is 13.3. The van der Waals surface area contributed by atoms with Crippen LogP contribution in [0.5, 0.6) is 11.5 Å². The van der Waals surface area contributed by atoms with Crippen LogP contribution in [0.1, 0.15) is 19.3 Å². The van der Waals surface area contributed by atoms with Gasteiger partial charge in [0.05, 0.1) is 25.7 Å². The fraction of sp³-hybridized carbons (Fsp3) is 0.562. The van der Waals surface area contributed by atoms with Gasteiger partial charge in [-0.25, -0.2) is 16.8 Å². The van der Waals surface area contributed by atoms with Gasteiger partial charge in [-0.3, -0.25) is 4.79 Å². The van der Waals surface area contributed by atoms with Gasteiger partial charge >= 0.3 is 5.97 Å². The Morgan fingerprint density at radius 1 is 1.30 bits per heavy atom. The summed E-state index contributed by atoms with van der Waals surface area (Å²) in [6.07, 6.45) is 0.0129. The molecule has 1 heterocycles. The van der Waals surface area contributed by atoms with Crippen LogP contribution in [-0.4, -0.2) is 70.5 Å². The van der Waals surface area contributed by atoms with Crippen molar-refractivity contribution >= 4 is 25.8 Å². The molecule has 0 radical (unpaired) electrons. The average Bonchev–Trinajstić information content (AvgIpc) is 2.97. The monoisotopic (exact) mass is 421 g/mol. The van der Waals surface area contributed by atoms with Gasteiger partial charge in [-0.2, -0.15) is 4.31 Å². The van der Waals surface area contributed by atoms with Gasteiger partial charge in [0.1, 0.15) is 16.4 Å². The molecule has 1 atom stereocenters. The predicted molar refractivity (Wildman–Crippen MR) is 97.4 cm³/mol. The molecule has 0 bridgehead atoms. The highest BCUT2D eigenvalue weighted by Crippen LogP contribution is 2.33. The number of carboxylic acids is 1. The van der Waals surface area contributed by atoms with Gasteiger partial charge in [-0.15, -0.1) is 0 Å². The number of sulfone groups is 1. The summed E-state index contributed by atoms with van der Waals surface area (Å²) in [5, 5.41) is 8.84. The van der Waals surface area contributed by atoms with Crippen molar-refractivity contribution in [3.05, 3.63) is 18.2 Å². The molecule has 1 aromatic carbocycles. The number of carboxylic acid groups (broad SMARTS) is 1. The third-order valence-corrected chi connectivity index (χ3v) is 8.07. The van der Waals surface area contributed by atoms with Gasteiger partial charge in [-0.05, 0) is 25.0 Å². The average molecular weight is 421 g/mol. The number of sulfonamides is 1. The van der Waals surface area contributed by atoms with E-state index in [1.807, 2.05) is 0 Å². The Labute approximate surface area is 158 Å². The molecule has 27 heavy (non-hydrogen) atoms. The van der Waals surface area contributed by atoms with Gasteiger partial charge in [0.25, 0.3) is 0 Å². The lowest BCUT2D eigenvalue weighted by Crippen LogP contribution is -2.42. The standard InChI is InChI=1S/C16H23NO8S2/c1-24-13-5-6-14(25-2)15(10-13)27(22,23)17(8-3-4-16(18)19)12-7-9-26(20,21)11-12/h5-6,10,12H,3-4,7-9,11H2,1-2H3,(H,18,19)/t12-/m0/s1. The van der Waals surface area contributed by atoms with Crippen LogP contribution in [0.3, 0.4) is 0 Å². The topological polar surface area (TPSA) is 127 Å². The summed E-state index contributed by atoms with van der Waals surface area (Å²) in [6, 6.07) is 3.56. The minimum absolute atomic E-state index is 0.0669. The normalized spacial score (nSPS) is 19.1. The third kappa shape index (κ3) is 5.11. The van der Waals surface area contributed by atoms with E-state index in [2.05, 4.69) is 0 Å². The molecule has 1 saturated heterocycles. The zero-order valence-corrected chi connectivity index (χ0v) is 16.8. The van der Waals surface area contributed by atoms with Crippen LogP contribution in [0, 0.1) is 0 Å². The first-order chi connectivity index (χ1) is 12.6. The molecule has 0 saturated carbocycles. The second kappa shape index (κ2) is 8.44. The zero-order chi connectivity index (χ0) is 20.2. The maximum Gasteiger partial charge on any atom is 0.303 e. The van der Waals surface area contributed by atoms with Crippen molar-refractivity contribution in [3.63, 3.8) is 0 Å². The molecule has 0 aliphatic carbocycles. The molecule has 1 N–H and O–H groups in total. The van der Waals surface area contributed by atoms with E-state index in [4.69, 9.17) is 14.6 Å². The van der Waals surface area contributed by atoms with Gasteiger partial charge in [0.2, 0.25) is 10.0 Å². The van der Waals surface area contributed by atoms with Gasteiger partial charge in [-0.1, -0.05) is 0 Å². The summed E-state index contributed by atoms with van der Waals surface area (Å²) in [5.41, 5.74) is 0. The largest absolute Gasteiger partial charge is 0.497 e. The van der Waals surface area contributed by atoms with Gasteiger partial charge < -0.3 is 14.6 Å². The Morgan fingerprint density at radius 3 is 2.52 bits per heavy atom. The fourth-order valence-electron chi connectivity index (χ4n) is 3.00. The second-order valence-electron chi connectivity index (χ2n) is 6.19. The van der Waals surface area contributed by atoms with E-state index >= 15 is 0 Å². The van der Waals surface area contributed by atoms with E-state index in [0.29, 0.717) is 5.75 Å². The molecule has 1 aromatic rings. The Kier molecular flexibility index (Phi) is 6.71. The van der Waals surface area contributed by atoms with Gasteiger partial charge in [0.15, 0.2) is 9.84 Å². The molecular weight excluding hydrogens is 398 g/mol. The summed E-state index contributed by atoms with van der Waals surface area (Å²) in [5.74, 6) is -1.03. The molecule has 1 fully saturated rings. The minimum Gasteiger partial charge on any atom is -0.497 e. The highest BCUT2D eigenvalue weighted by atomic mass is 32.2. The quantitative estimate of drug-likeness (QED) is 0.619. The molecule has 2 rings (SSSR count). The lowest BCUT2D eigenvalue weighted by atomic mass is 10.2.